The van der Waals surface area contributed by atoms with Gasteiger partial charge in [-0.15, -0.1) is 0 Å². The van der Waals surface area contributed by atoms with Crippen LogP contribution in [-0.4, -0.2) is 18.1 Å². The summed E-state index contributed by atoms with van der Waals surface area (Å²) in [5.74, 6) is -3.38. The first kappa shape index (κ1) is 21.2. The van der Waals surface area contributed by atoms with Crippen molar-refractivity contribution in [1.29, 1.82) is 0 Å². The predicted molar refractivity (Wildman–Crippen MR) is 114 cm³/mol. The van der Waals surface area contributed by atoms with E-state index in [2.05, 4.69) is 10.3 Å². The lowest BCUT2D eigenvalue weighted by atomic mass is 9.68. The van der Waals surface area contributed by atoms with Crippen molar-refractivity contribution in [3.8, 4) is 11.5 Å². The van der Waals surface area contributed by atoms with Gasteiger partial charge in [0.15, 0.2) is 23.2 Å². The molecule has 4 rings (SSSR count). The Morgan fingerprint density at radius 1 is 1.00 bits per heavy atom. The van der Waals surface area contributed by atoms with Gasteiger partial charge in [0.05, 0.1) is 11.9 Å². The van der Waals surface area contributed by atoms with Gasteiger partial charge in [-0.1, -0.05) is 12.1 Å². The molecule has 0 aliphatic carbocycles. The van der Waals surface area contributed by atoms with E-state index in [0.29, 0.717) is 23.6 Å². The van der Waals surface area contributed by atoms with E-state index in [1.54, 1.807) is 18.3 Å². The maximum absolute atomic E-state index is 13.9. The summed E-state index contributed by atoms with van der Waals surface area (Å²) in [6.45, 7) is 3.82. The summed E-state index contributed by atoms with van der Waals surface area (Å²) in [4.78, 5) is 4.46. The molecule has 1 aliphatic rings. The zero-order chi connectivity index (χ0) is 22.0. The number of benzene rings is 2. The Kier molecular flexibility index (Phi) is 5.87. The van der Waals surface area contributed by atoms with Crippen molar-refractivity contribution in [3.05, 3.63) is 82.9 Å². The molecule has 31 heavy (non-hydrogen) atoms. The molecule has 0 radical (unpaired) electrons. The van der Waals surface area contributed by atoms with E-state index >= 15 is 0 Å². The molecule has 0 amide bonds. The van der Waals surface area contributed by atoms with Gasteiger partial charge in [0.1, 0.15) is 5.75 Å². The van der Waals surface area contributed by atoms with Gasteiger partial charge in [-0.05, 0) is 68.6 Å². The molecule has 162 valence electrons. The van der Waals surface area contributed by atoms with Gasteiger partial charge >= 0.3 is 0 Å². The maximum atomic E-state index is 13.9. The fourth-order valence-corrected chi connectivity index (χ4v) is 4.31. The highest BCUT2D eigenvalue weighted by Gasteiger charge is 2.35. The highest BCUT2D eigenvalue weighted by molar-refractivity contribution is 5.45. The summed E-state index contributed by atoms with van der Waals surface area (Å²) in [5, 5.41) is 3.41. The van der Waals surface area contributed by atoms with Gasteiger partial charge < -0.3 is 15.8 Å². The molecule has 1 aromatic heterocycles. The van der Waals surface area contributed by atoms with Crippen LogP contribution in [0.2, 0.25) is 0 Å². The number of nitrogen functional groups attached to an aromatic ring is 1. The molecule has 0 spiro atoms. The topological polar surface area (TPSA) is 60.2 Å². The summed E-state index contributed by atoms with van der Waals surface area (Å²) in [6.07, 6.45) is 4.38. The Morgan fingerprint density at radius 2 is 1.68 bits per heavy atom. The van der Waals surface area contributed by atoms with Crippen molar-refractivity contribution < 1.29 is 17.9 Å². The lowest BCUT2D eigenvalue weighted by Gasteiger charge is -2.39. The second-order valence-electron chi connectivity index (χ2n) is 8.05. The number of nitrogens with two attached hydrogens (primary N) is 1. The number of halogens is 3. The van der Waals surface area contributed by atoms with Crippen LogP contribution in [0.15, 0.2) is 48.7 Å². The Bertz CT molecular complexity index is 1080. The van der Waals surface area contributed by atoms with Gasteiger partial charge in [-0.25, -0.2) is 13.2 Å². The number of aryl methyl sites for hydroxylation is 1. The van der Waals surface area contributed by atoms with Crippen molar-refractivity contribution >= 4 is 5.69 Å². The Morgan fingerprint density at radius 3 is 2.39 bits per heavy atom. The standard InChI is InChI=1S/C24H24F3N3O/c1-15-19(10-17(28)14-30-15)24(6-8-29-9-7-24)13-16-2-4-18(5-3-16)31-23-12-21(26)20(25)11-22(23)27/h2-5,10-12,14,29H,6-9,13,28H2,1H3. The van der Waals surface area contributed by atoms with Crippen LogP contribution in [-0.2, 0) is 11.8 Å². The molecule has 1 fully saturated rings. The minimum absolute atomic E-state index is 0.0910. The summed E-state index contributed by atoms with van der Waals surface area (Å²) < 4.78 is 45.8. The SMILES string of the molecule is Cc1ncc(N)cc1C1(Cc2ccc(Oc3cc(F)c(F)cc3F)cc2)CCNCC1. The number of hydrogen-bond acceptors (Lipinski definition) is 4. The van der Waals surface area contributed by atoms with Gasteiger partial charge in [-0.3, -0.25) is 4.98 Å². The molecule has 7 heteroatoms. The van der Waals surface area contributed by atoms with Crippen molar-refractivity contribution in [2.45, 2.75) is 31.6 Å². The molecule has 2 aromatic carbocycles. The van der Waals surface area contributed by atoms with E-state index in [0.717, 1.165) is 49.2 Å². The Balaban J connectivity index is 1.58. The van der Waals surface area contributed by atoms with Crippen LogP contribution < -0.4 is 15.8 Å². The van der Waals surface area contributed by atoms with Crippen molar-refractivity contribution in [1.82, 2.24) is 10.3 Å². The largest absolute Gasteiger partial charge is 0.454 e. The molecular formula is C24H24F3N3O. The van der Waals surface area contributed by atoms with Gasteiger partial charge in [-0.2, -0.15) is 0 Å². The van der Waals surface area contributed by atoms with E-state index in [4.69, 9.17) is 10.5 Å². The molecule has 3 N–H and O–H groups in total. The second-order valence-corrected chi connectivity index (χ2v) is 8.05. The monoisotopic (exact) mass is 427 g/mol. The number of nitrogens with one attached hydrogen (secondary N) is 1. The van der Waals surface area contributed by atoms with E-state index in [1.807, 2.05) is 25.1 Å². The van der Waals surface area contributed by atoms with Crippen LogP contribution in [0.1, 0.15) is 29.7 Å². The number of rotatable bonds is 5. The average Bonchev–Trinajstić information content (AvgIpc) is 2.76. The van der Waals surface area contributed by atoms with E-state index < -0.39 is 17.5 Å². The van der Waals surface area contributed by atoms with Crippen LogP contribution in [0.3, 0.4) is 0 Å². The third kappa shape index (κ3) is 4.51. The zero-order valence-corrected chi connectivity index (χ0v) is 17.2. The molecule has 0 atom stereocenters. The fraction of sp³-hybridized carbons (Fsp3) is 0.292. The summed E-state index contributed by atoms with van der Waals surface area (Å²) in [6, 6.07) is 10.4. The Hall–Kier alpha value is -3.06. The highest BCUT2D eigenvalue weighted by atomic mass is 19.2. The average molecular weight is 427 g/mol. The lowest BCUT2D eigenvalue weighted by Crippen LogP contribution is -2.42. The third-order valence-corrected chi connectivity index (χ3v) is 5.91. The normalized spacial score (nSPS) is 15.6. The number of anilines is 1. The quantitative estimate of drug-likeness (QED) is 0.560. The molecule has 0 unspecified atom stereocenters. The maximum Gasteiger partial charge on any atom is 0.168 e. The molecule has 4 nitrogen and oxygen atoms in total. The van der Waals surface area contributed by atoms with E-state index in [-0.39, 0.29) is 11.2 Å². The van der Waals surface area contributed by atoms with Crippen molar-refractivity contribution in [2.75, 3.05) is 18.8 Å². The smallest absolute Gasteiger partial charge is 0.168 e. The number of pyridine rings is 1. The number of piperidine rings is 1. The number of hydrogen-bond donors (Lipinski definition) is 2. The summed E-state index contributed by atoms with van der Waals surface area (Å²) in [7, 11) is 0. The number of aromatic nitrogens is 1. The first-order valence-corrected chi connectivity index (χ1v) is 10.2. The molecule has 2 heterocycles. The first-order valence-electron chi connectivity index (χ1n) is 10.2. The molecule has 0 saturated carbocycles. The lowest BCUT2D eigenvalue weighted by molar-refractivity contribution is 0.303. The van der Waals surface area contributed by atoms with Crippen molar-refractivity contribution in [3.63, 3.8) is 0 Å². The molecule has 0 bridgehead atoms. The van der Waals surface area contributed by atoms with E-state index in [9.17, 15) is 13.2 Å². The highest BCUT2D eigenvalue weighted by Crippen LogP contribution is 2.39. The Labute approximate surface area is 179 Å². The minimum Gasteiger partial charge on any atom is -0.454 e. The predicted octanol–water partition coefficient (Wildman–Crippen LogP) is 5.05. The summed E-state index contributed by atoms with van der Waals surface area (Å²) in [5.41, 5.74) is 9.82. The third-order valence-electron chi connectivity index (χ3n) is 5.91. The number of ether oxygens (including phenoxy) is 1. The van der Waals surface area contributed by atoms with Gasteiger partial charge in [0, 0.05) is 23.2 Å². The fourth-order valence-electron chi connectivity index (χ4n) is 4.31. The van der Waals surface area contributed by atoms with Gasteiger partial charge in [0.25, 0.3) is 0 Å². The van der Waals surface area contributed by atoms with Crippen LogP contribution in [0.5, 0.6) is 11.5 Å². The molecule has 1 saturated heterocycles. The summed E-state index contributed by atoms with van der Waals surface area (Å²) >= 11 is 0. The van der Waals surface area contributed by atoms with E-state index in [1.165, 1.54) is 0 Å². The first-order chi connectivity index (χ1) is 14.9. The number of nitrogens with zero attached hydrogens (tertiary/aromatic N) is 1. The molecule has 1 aliphatic heterocycles. The van der Waals surface area contributed by atoms with Crippen LogP contribution in [0, 0.1) is 24.4 Å². The van der Waals surface area contributed by atoms with Crippen molar-refractivity contribution in [2.24, 2.45) is 0 Å². The minimum atomic E-state index is -1.25. The zero-order valence-electron chi connectivity index (χ0n) is 17.2. The van der Waals surface area contributed by atoms with Crippen LogP contribution in [0.25, 0.3) is 0 Å². The molecule has 3 aromatic rings. The van der Waals surface area contributed by atoms with Crippen LogP contribution in [0.4, 0.5) is 18.9 Å². The van der Waals surface area contributed by atoms with Gasteiger partial charge in [0.2, 0.25) is 0 Å². The second kappa shape index (κ2) is 8.59. The van der Waals surface area contributed by atoms with Crippen LogP contribution >= 0.6 is 0 Å². The molecular weight excluding hydrogens is 403 g/mol.